The first kappa shape index (κ1) is 28.0. The van der Waals surface area contributed by atoms with Crippen LogP contribution in [0.4, 0.5) is 16.3 Å². The molecule has 0 bridgehead atoms. The lowest BCUT2D eigenvalue weighted by molar-refractivity contribution is -0.147. The molecule has 39 heavy (non-hydrogen) atoms. The number of anilines is 2. The third-order valence-corrected chi connectivity index (χ3v) is 7.23. The summed E-state index contributed by atoms with van der Waals surface area (Å²) >= 11 is 6.23. The normalized spacial score (nSPS) is 17.7. The molecule has 0 spiro atoms. The standard InChI is InChI=1S/C27H31ClN6O5/c1-4-34-24(31-27(38)39-16(3)17-9-7-8-12-20(17)28)23(32-33-34)22-14-13-21(15(2)29-22)30-25(35)18-10-5-6-11-19(18)26(36)37/h7-9,12-14,16,18-19H,4-6,10-11H2,1-3H3,(H,30,35)(H,31,38)(H,36,37)/t16-,18+,19+/m1/s1. The van der Waals surface area contributed by atoms with E-state index in [1.807, 2.05) is 13.0 Å². The lowest BCUT2D eigenvalue weighted by atomic mass is 9.78. The molecule has 2 amide bonds. The molecular formula is C27H31ClN6O5. The monoisotopic (exact) mass is 554 g/mol. The molecule has 0 saturated heterocycles. The number of carbonyl (C=O) groups is 3. The first-order valence-electron chi connectivity index (χ1n) is 12.9. The number of hydrogen-bond donors (Lipinski definition) is 3. The number of halogens is 1. The number of carboxylic acid groups (broad SMARTS) is 1. The van der Waals surface area contributed by atoms with E-state index in [1.54, 1.807) is 44.2 Å². The quantitative estimate of drug-likeness (QED) is 0.332. The van der Waals surface area contributed by atoms with Gasteiger partial charge in [0.1, 0.15) is 6.10 Å². The summed E-state index contributed by atoms with van der Waals surface area (Å²) in [4.78, 5) is 41.9. The molecule has 11 nitrogen and oxygen atoms in total. The molecule has 2 heterocycles. The number of amides is 2. The molecule has 1 fully saturated rings. The summed E-state index contributed by atoms with van der Waals surface area (Å²) in [5.41, 5.74) is 2.42. The number of aromatic nitrogens is 4. The van der Waals surface area contributed by atoms with Crippen molar-refractivity contribution in [2.75, 3.05) is 10.6 Å². The second-order valence-electron chi connectivity index (χ2n) is 9.45. The number of nitrogens with zero attached hydrogens (tertiary/aromatic N) is 4. The van der Waals surface area contributed by atoms with Gasteiger partial charge in [0.05, 0.1) is 28.9 Å². The van der Waals surface area contributed by atoms with E-state index in [9.17, 15) is 19.5 Å². The fourth-order valence-corrected chi connectivity index (χ4v) is 5.07. The summed E-state index contributed by atoms with van der Waals surface area (Å²) in [7, 11) is 0. The van der Waals surface area contributed by atoms with Crippen LogP contribution in [0.15, 0.2) is 36.4 Å². The van der Waals surface area contributed by atoms with Gasteiger partial charge in [-0.25, -0.2) is 14.5 Å². The van der Waals surface area contributed by atoms with Crippen LogP contribution in [-0.2, 0) is 20.9 Å². The van der Waals surface area contributed by atoms with Crippen molar-refractivity contribution in [2.45, 2.75) is 59.1 Å². The number of aryl methyl sites for hydroxylation is 2. The summed E-state index contributed by atoms with van der Waals surface area (Å²) in [5, 5.41) is 23.9. The number of rotatable bonds is 8. The van der Waals surface area contributed by atoms with Crippen molar-refractivity contribution in [2.24, 2.45) is 11.8 Å². The number of carboxylic acids is 1. The molecule has 0 radical (unpaired) electrons. The van der Waals surface area contributed by atoms with Crippen LogP contribution in [0.25, 0.3) is 11.4 Å². The maximum Gasteiger partial charge on any atom is 0.413 e. The van der Waals surface area contributed by atoms with Crippen molar-refractivity contribution in [1.82, 2.24) is 20.0 Å². The first-order valence-corrected chi connectivity index (χ1v) is 13.2. The minimum Gasteiger partial charge on any atom is -0.481 e. The highest BCUT2D eigenvalue weighted by molar-refractivity contribution is 6.31. The van der Waals surface area contributed by atoms with Crippen molar-refractivity contribution in [3.8, 4) is 11.4 Å². The van der Waals surface area contributed by atoms with E-state index in [4.69, 9.17) is 16.3 Å². The van der Waals surface area contributed by atoms with Crippen LogP contribution in [-0.4, -0.2) is 43.1 Å². The second-order valence-corrected chi connectivity index (χ2v) is 9.86. The van der Waals surface area contributed by atoms with Gasteiger partial charge in [-0.1, -0.05) is 47.9 Å². The minimum atomic E-state index is -0.945. The van der Waals surface area contributed by atoms with E-state index in [0.29, 0.717) is 58.6 Å². The smallest absolute Gasteiger partial charge is 0.413 e. The Balaban J connectivity index is 1.50. The highest BCUT2D eigenvalue weighted by Gasteiger charge is 2.36. The Hall–Kier alpha value is -3.99. The molecule has 3 N–H and O–H groups in total. The van der Waals surface area contributed by atoms with Crippen LogP contribution in [0.3, 0.4) is 0 Å². The van der Waals surface area contributed by atoms with Crippen molar-refractivity contribution >= 4 is 41.1 Å². The van der Waals surface area contributed by atoms with Crippen molar-refractivity contribution in [3.05, 3.63) is 52.7 Å². The van der Waals surface area contributed by atoms with Crippen LogP contribution < -0.4 is 10.6 Å². The zero-order valence-corrected chi connectivity index (χ0v) is 22.7. The Morgan fingerprint density at radius 1 is 1.13 bits per heavy atom. The van der Waals surface area contributed by atoms with Crippen molar-refractivity contribution < 1.29 is 24.2 Å². The van der Waals surface area contributed by atoms with Crippen LogP contribution in [0.1, 0.15) is 56.9 Å². The molecule has 1 saturated carbocycles. The largest absolute Gasteiger partial charge is 0.481 e. The van der Waals surface area contributed by atoms with Crippen LogP contribution in [0, 0.1) is 18.8 Å². The zero-order valence-electron chi connectivity index (χ0n) is 22.0. The van der Waals surface area contributed by atoms with Gasteiger partial charge in [0.25, 0.3) is 0 Å². The van der Waals surface area contributed by atoms with Gasteiger partial charge in [0.2, 0.25) is 5.91 Å². The van der Waals surface area contributed by atoms with E-state index in [0.717, 1.165) is 12.8 Å². The SMILES string of the molecule is CCn1nnc(-c2ccc(NC(=O)[C@H]3CCCC[C@@H]3C(=O)O)c(C)n2)c1NC(=O)O[C@H](C)c1ccccc1Cl. The fraction of sp³-hybridized carbons (Fsp3) is 0.407. The lowest BCUT2D eigenvalue weighted by Crippen LogP contribution is -2.36. The number of benzene rings is 1. The third-order valence-electron chi connectivity index (χ3n) is 6.89. The summed E-state index contributed by atoms with van der Waals surface area (Å²) in [6, 6.07) is 10.5. The van der Waals surface area contributed by atoms with Gasteiger partial charge in [-0.15, -0.1) is 5.10 Å². The van der Waals surface area contributed by atoms with Crippen molar-refractivity contribution in [1.29, 1.82) is 0 Å². The number of nitrogens with one attached hydrogen (secondary N) is 2. The Labute approximate surface area is 230 Å². The molecule has 2 aromatic heterocycles. The molecule has 3 aromatic rings. The summed E-state index contributed by atoms with van der Waals surface area (Å²) in [5.74, 6) is -2.24. The molecule has 3 atom stereocenters. The lowest BCUT2D eigenvalue weighted by Gasteiger charge is -2.27. The molecule has 4 rings (SSSR count). The highest BCUT2D eigenvalue weighted by atomic mass is 35.5. The van der Waals surface area contributed by atoms with E-state index < -0.39 is 30.0 Å². The third kappa shape index (κ3) is 6.36. The predicted octanol–water partition coefficient (Wildman–Crippen LogP) is 5.46. The highest BCUT2D eigenvalue weighted by Crippen LogP contribution is 2.32. The maximum absolute atomic E-state index is 12.9. The number of ether oxygens (including phenoxy) is 1. The average Bonchev–Trinajstić information content (AvgIpc) is 3.32. The van der Waals surface area contributed by atoms with Gasteiger partial charge in [-0.3, -0.25) is 14.9 Å². The van der Waals surface area contributed by atoms with Gasteiger partial charge in [0.15, 0.2) is 11.5 Å². The molecule has 0 aliphatic heterocycles. The van der Waals surface area contributed by atoms with E-state index in [1.165, 1.54) is 4.68 Å². The molecule has 12 heteroatoms. The van der Waals surface area contributed by atoms with Crippen LogP contribution in [0.2, 0.25) is 5.02 Å². The topological polar surface area (TPSA) is 148 Å². The summed E-state index contributed by atoms with van der Waals surface area (Å²) in [6.07, 6.45) is 1.35. The first-order chi connectivity index (χ1) is 18.7. The zero-order chi connectivity index (χ0) is 28.1. The van der Waals surface area contributed by atoms with E-state index in [2.05, 4.69) is 25.9 Å². The van der Waals surface area contributed by atoms with E-state index in [-0.39, 0.29) is 5.91 Å². The van der Waals surface area contributed by atoms with Gasteiger partial charge >= 0.3 is 12.1 Å². The minimum absolute atomic E-state index is 0.309. The molecule has 1 aliphatic rings. The maximum atomic E-state index is 12.9. The average molecular weight is 555 g/mol. The van der Waals surface area contributed by atoms with Gasteiger partial charge < -0.3 is 15.2 Å². The number of hydrogen-bond acceptors (Lipinski definition) is 7. The second kappa shape index (κ2) is 12.2. The molecular weight excluding hydrogens is 524 g/mol. The predicted molar refractivity (Wildman–Crippen MR) is 145 cm³/mol. The molecule has 0 unspecified atom stereocenters. The van der Waals surface area contributed by atoms with Crippen LogP contribution in [0.5, 0.6) is 0 Å². The van der Waals surface area contributed by atoms with E-state index >= 15 is 0 Å². The Morgan fingerprint density at radius 2 is 1.85 bits per heavy atom. The molecule has 206 valence electrons. The number of aliphatic carboxylic acids is 1. The fourth-order valence-electron chi connectivity index (χ4n) is 4.78. The molecule has 1 aliphatic carbocycles. The summed E-state index contributed by atoms with van der Waals surface area (Å²) in [6.45, 7) is 5.74. The Kier molecular flexibility index (Phi) is 8.80. The number of carbonyl (C=O) groups excluding carboxylic acids is 2. The number of pyridine rings is 1. The van der Waals surface area contributed by atoms with Crippen LogP contribution >= 0.6 is 11.6 Å². The summed E-state index contributed by atoms with van der Waals surface area (Å²) < 4.78 is 7.05. The Morgan fingerprint density at radius 3 is 2.51 bits per heavy atom. The van der Waals surface area contributed by atoms with Gasteiger partial charge in [-0.05, 0) is 51.8 Å². The Bertz CT molecular complexity index is 1380. The van der Waals surface area contributed by atoms with Crippen molar-refractivity contribution in [3.63, 3.8) is 0 Å². The van der Waals surface area contributed by atoms with Gasteiger partial charge in [-0.2, -0.15) is 0 Å². The molecule has 1 aromatic carbocycles. The van der Waals surface area contributed by atoms with Gasteiger partial charge in [0, 0.05) is 17.1 Å².